The van der Waals surface area contributed by atoms with Crippen LogP contribution < -0.4 is 5.73 Å². The number of nitrogens with two attached hydrogens (primary N) is 1. The fraction of sp³-hybridized carbons (Fsp3) is 0.500. The molecule has 1 aromatic rings. The van der Waals surface area contributed by atoms with Crippen LogP contribution in [0.1, 0.15) is 31.4 Å². The predicted molar refractivity (Wildman–Crippen MR) is 76.4 cm³/mol. The van der Waals surface area contributed by atoms with E-state index in [-0.39, 0.29) is 12.1 Å². The van der Waals surface area contributed by atoms with Gasteiger partial charge in [-0.15, -0.1) is 0 Å². The Morgan fingerprint density at radius 1 is 1.47 bits per heavy atom. The Hall–Kier alpha value is -1.26. The highest BCUT2D eigenvalue weighted by Crippen LogP contribution is 2.26. The first-order chi connectivity index (χ1) is 9.19. The molecule has 0 saturated heterocycles. The molecule has 104 valence electrons. The minimum atomic E-state index is 0.0688. The quantitative estimate of drug-likeness (QED) is 0.873. The van der Waals surface area contributed by atoms with Gasteiger partial charge in [0.25, 0.3) is 6.02 Å². The van der Waals surface area contributed by atoms with Crippen molar-refractivity contribution in [3.63, 3.8) is 0 Å². The van der Waals surface area contributed by atoms with Crippen LogP contribution in [0.15, 0.2) is 29.3 Å². The van der Waals surface area contributed by atoms with Crippen molar-refractivity contribution in [1.82, 2.24) is 0 Å². The third kappa shape index (κ3) is 4.11. The molecular weight excluding hydrogens is 264 g/mol. The summed E-state index contributed by atoms with van der Waals surface area (Å²) in [6.45, 7) is 3.25. The average molecular weight is 283 g/mol. The maximum atomic E-state index is 5.90. The molecule has 4 nitrogen and oxygen atoms in total. The summed E-state index contributed by atoms with van der Waals surface area (Å²) in [6.07, 6.45) is 1.85. The highest BCUT2D eigenvalue weighted by atomic mass is 35.5. The molecule has 1 aliphatic rings. The number of amidine groups is 1. The molecule has 0 aliphatic carbocycles. The van der Waals surface area contributed by atoms with Crippen molar-refractivity contribution in [3.05, 3.63) is 34.9 Å². The molecule has 1 aromatic carbocycles. The summed E-state index contributed by atoms with van der Waals surface area (Å²) in [5, 5.41) is 0.737. The van der Waals surface area contributed by atoms with Gasteiger partial charge in [0, 0.05) is 11.6 Å². The van der Waals surface area contributed by atoms with Crippen LogP contribution in [0.3, 0.4) is 0 Å². The Kier molecular flexibility index (Phi) is 5.05. The van der Waals surface area contributed by atoms with Gasteiger partial charge in [-0.2, -0.15) is 0 Å². The number of rotatable bonds is 6. The maximum Gasteiger partial charge on any atom is 0.282 e. The van der Waals surface area contributed by atoms with E-state index in [1.54, 1.807) is 0 Å². The number of benzene rings is 1. The average Bonchev–Trinajstić information content (AvgIpc) is 2.81. The van der Waals surface area contributed by atoms with Crippen molar-refractivity contribution in [2.24, 2.45) is 10.7 Å². The summed E-state index contributed by atoms with van der Waals surface area (Å²) in [7, 11) is 0. The standard InChI is InChI=1S/C14H19ClN2O2/c1-2-18-13(10-3-5-11(15)6-4-10)8-7-12-9-19-14(16)17-12/h3-6,12-13H,2,7-9H2,1H3,(H2,16,17)/t12?,13-/m0/s1. The van der Waals surface area contributed by atoms with E-state index in [2.05, 4.69) is 4.99 Å². The molecule has 5 heteroatoms. The van der Waals surface area contributed by atoms with Crippen molar-refractivity contribution in [3.8, 4) is 0 Å². The lowest BCUT2D eigenvalue weighted by Gasteiger charge is -2.18. The number of halogens is 1. The van der Waals surface area contributed by atoms with Gasteiger partial charge >= 0.3 is 0 Å². The molecule has 0 amide bonds. The molecule has 2 atom stereocenters. The molecule has 0 fully saturated rings. The molecule has 0 saturated carbocycles. The summed E-state index contributed by atoms with van der Waals surface area (Å²) in [4.78, 5) is 4.22. The van der Waals surface area contributed by atoms with Crippen molar-refractivity contribution >= 4 is 17.6 Å². The van der Waals surface area contributed by atoms with E-state index in [1.807, 2.05) is 31.2 Å². The molecule has 2 rings (SSSR count). The molecular formula is C14H19ClN2O2. The van der Waals surface area contributed by atoms with Gasteiger partial charge in [0.2, 0.25) is 0 Å². The Morgan fingerprint density at radius 3 is 2.79 bits per heavy atom. The van der Waals surface area contributed by atoms with Crippen molar-refractivity contribution in [2.45, 2.75) is 31.9 Å². The summed E-state index contributed by atoms with van der Waals surface area (Å²) in [6, 6.07) is 8.23. The van der Waals surface area contributed by atoms with Crippen LogP contribution >= 0.6 is 11.6 Å². The van der Waals surface area contributed by atoms with E-state index in [0.717, 1.165) is 23.4 Å². The van der Waals surface area contributed by atoms with Crippen LogP contribution in [0.2, 0.25) is 5.02 Å². The zero-order valence-corrected chi connectivity index (χ0v) is 11.8. The summed E-state index contributed by atoms with van der Waals surface area (Å²) >= 11 is 5.90. The lowest BCUT2D eigenvalue weighted by atomic mass is 10.0. The van der Waals surface area contributed by atoms with Crippen LogP contribution in [0.5, 0.6) is 0 Å². The van der Waals surface area contributed by atoms with Crippen LogP contribution in [-0.2, 0) is 9.47 Å². The fourth-order valence-corrected chi connectivity index (χ4v) is 2.28. The number of aliphatic imine (C=N–C) groups is 1. The van der Waals surface area contributed by atoms with E-state index in [0.29, 0.717) is 19.2 Å². The normalized spacial score (nSPS) is 19.9. The molecule has 0 spiro atoms. The van der Waals surface area contributed by atoms with E-state index in [1.165, 1.54) is 0 Å². The smallest absolute Gasteiger partial charge is 0.282 e. The Labute approximate surface area is 118 Å². The topological polar surface area (TPSA) is 56.8 Å². The largest absolute Gasteiger partial charge is 0.463 e. The lowest BCUT2D eigenvalue weighted by molar-refractivity contribution is 0.0529. The fourth-order valence-electron chi connectivity index (χ4n) is 2.15. The van der Waals surface area contributed by atoms with Crippen LogP contribution in [0.4, 0.5) is 0 Å². The van der Waals surface area contributed by atoms with Crippen molar-refractivity contribution in [2.75, 3.05) is 13.2 Å². The maximum absolute atomic E-state index is 5.90. The molecule has 1 unspecified atom stereocenters. The minimum Gasteiger partial charge on any atom is -0.463 e. The van der Waals surface area contributed by atoms with Crippen LogP contribution in [0, 0.1) is 0 Å². The highest BCUT2D eigenvalue weighted by molar-refractivity contribution is 6.30. The zero-order chi connectivity index (χ0) is 13.7. The SMILES string of the molecule is CCO[C@@H](CCC1COC(N)=N1)c1ccc(Cl)cc1. The van der Waals surface area contributed by atoms with Gasteiger partial charge in [-0.25, -0.2) is 4.99 Å². The molecule has 19 heavy (non-hydrogen) atoms. The van der Waals surface area contributed by atoms with Gasteiger partial charge in [0.15, 0.2) is 0 Å². The monoisotopic (exact) mass is 282 g/mol. The van der Waals surface area contributed by atoms with Crippen LogP contribution in [-0.4, -0.2) is 25.3 Å². The number of hydrogen-bond acceptors (Lipinski definition) is 4. The Balaban J connectivity index is 1.94. The minimum absolute atomic E-state index is 0.0688. The molecule has 0 bridgehead atoms. The molecule has 1 heterocycles. The molecule has 2 N–H and O–H groups in total. The molecule has 1 aliphatic heterocycles. The second-order valence-electron chi connectivity index (χ2n) is 4.51. The highest BCUT2D eigenvalue weighted by Gasteiger charge is 2.19. The number of hydrogen-bond donors (Lipinski definition) is 1. The number of ether oxygens (including phenoxy) is 2. The van der Waals surface area contributed by atoms with Gasteiger partial charge in [0.1, 0.15) is 6.61 Å². The van der Waals surface area contributed by atoms with Crippen LogP contribution in [0.25, 0.3) is 0 Å². The third-order valence-electron chi connectivity index (χ3n) is 3.11. The summed E-state index contributed by atoms with van der Waals surface area (Å²) in [5.41, 5.74) is 6.64. The summed E-state index contributed by atoms with van der Waals surface area (Å²) in [5.74, 6) is 0. The second kappa shape index (κ2) is 6.78. The van der Waals surface area contributed by atoms with Gasteiger partial charge in [-0.05, 0) is 37.5 Å². The van der Waals surface area contributed by atoms with Gasteiger partial charge in [-0.1, -0.05) is 23.7 Å². The third-order valence-corrected chi connectivity index (χ3v) is 3.36. The molecule has 0 aromatic heterocycles. The second-order valence-corrected chi connectivity index (χ2v) is 4.94. The van der Waals surface area contributed by atoms with E-state index < -0.39 is 0 Å². The number of nitrogens with zero attached hydrogens (tertiary/aromatic N) is 1. The Morgan fingerprint density at radius 2 is 2.21 bits per heavy atom. The van der Waals surface area contributed by atoms with E-state index in [4.69, 9.17) is 26.8 Å². The first-order valence-electron chi connectivity index (χ1n) is 6.52. The van der Waals surface area contributed by atoms with E-state index in [9.17, 15) is 0 Å². The van der Waals surface area contributed by atoms with Crippen molar-refractivity contribution < 1.29 is 9.47 Å². The zero-order valence-electron chi connectivity index (χ0n) is 11.0. The van der Waals surface area contributed by atoms with Gasteiger partial charge < -0.3 is 15.2 Å². The molecule has 0 radical (unpaired) electrons. The van der Waals surface area contributed by atoms with E-state index >= 15 is 0 Å². The Bertz CT molecular complexity index is 434. The van der Waals surface area contributed by atoms with Gasteiger partial charge in [-0.3, -0.25) is 0 Å². The predicted octanol–water partition coefficient (Wildman–Crippen LogP) is 2.91. The van der Waals surface area contributed by atoms with Crippen molar-refractivity contribution in [1.29, 1.82) is 0 Å². The summed E-state index contributed by atoms with van der Waals surface area (Å²) < 4.78 is 10.9. The first kappa shape index (κ1) is 14.2. The first-order valence-corrected chi connectivity index (χ1v) is 6.90. The lowest BCUT2D eigenvalue weighted by Crippen LogP contribution is -2.11. The van der Waals surface area contributed by atoms with Gasteiger partial charge in [0.05, 0.1) is 12.1 Å².